The number of benzene rings is 2. The first-order chi connectivity index (χ1) is 16.1. The van der Waals surface area contributed by atoms with Crippen molar-refractivity contribution >= 4 is 41.0 Å². The number of thiazole rings is 1. The number of nitrogens with zero attached hydrogens (tertiary/aromatic N) is 1. The van der Waals surface area contributed by atoms with E-state index >= 15 is 0 Å². The van der Waals surface area contributed by atoms with Crippen LogP contribution in [0.2, 0.25) is 0 Å². The molecule has 3 aromatic rings. The Morgan fingerprint density at radius 3 is 2.45 bits per heavy atom. The highest BCUT2D eigenvalue weighted by molar-refractivity contribution is 8.00. The fourth-order valence-corrected chi connectivity index (χ4v) is 9.44. The van der Waals surface area contributed by atoms with Gasteiger partial charge in [-0.15, -0.1) is 11.8 Å². The number of hydrogen-bond acceptors (Lipinski definition) is 5. The van der Waals surface area contributed by atoms with E-state index in [4.69, 9.17) is 0 Å². The van der Waals surface area contributed by atoms with Gasteiger partial charge >= 0.3 is 4.87 Å². The third-order valence-electron chi connectivity index (χ3n) is 7.85. The lowest BCUT2D eigenvalue weighted by Gasteiger charge is -2.45. The van der Waals surface area contributed by atoms with Crippen LogP contribution in [0.3, 0.4) is 0 Å². The maximum absolute atomic E-state index is 13.7. The van der Waals surface area contributed by atoms with E-state index in [2.05, 4.69) is 17.1 Å². The predicted molar refractivity (Wildman–Crippen MR) is 131 cm³/mol. The van der Waals surface area contributed by atoms with Crippen molar-refractivity contribution in [3.8, 4) is 0 Å². The molecule has 33 heavy (non-hydrogen) atoms. The normalized spacial score (nSPS) is 31.6. The van der Waals surface area contributed by atoms with Gasteiger partial charge in [0.25, 0.3) is 0 Å². The molecular weight excluding hydrogens is 452 g/mol. The van der Waals surface area contributed by atoms with Crippen molar-refractivity contribution in [2.75, 3.05) is 11.9 Å². The first-order valence-electron chi connectivity index (χ1n) is 11.3. The maximum Gasteiger partial charge on any atom is 0.305 e. The molecule has 2 fully saturated rings. The number of rotatable bonds is 4. The summed E-state index contributed by atoms with van der Waals surface area (Å²) < 4.78 is 0. The molecule has 0 spiro atoms. The van der Waals surface area contributed by atoms with Crippen LogP contribution in [0.1, 0.15) is 22.8 Å². The number of nitrogens with one attached hydrogen (secondary N) is 1. The van der Waals surface area contributed by atoms with Crippen molar-refractivity contribution in [2.45, 2.75) is 22.6 Å². The maximum atomic E-state index is 13.7. The fraction of sp³-hybridized carbons (Fsp3) is 0.346. The van der Waals surface area contributed by atoms with Crippen LogP contribution in [0.4, 0.5) is 5.69 Å². The van der Waals surface area contributed by atoms with E-state index in [1.54, 1.807) is 23.7 Å². The monoisotopic (exact) mass is 476 g/mol. The first-order valence-corrected chi connectivity index (χ1v) is 13.0. The lowest BCUT2D eigenvalue weighted by Crippen LogP contribution is -2.48. The number of carbonyl (C=O) groups excluding carboxylic acids is 2. The van der Waals surface area contributed by atoms with Crippen molar-refractivity contribution in [3.05, 3.63) is 80.8 Å². The number of fused-ring (bicyclic) bond motifs is 6. The zero-order valence-corrected chi connectivity index (χ0v) is 19.7. The second-order valence-corrected chi connectivity index (χ2v) is 11.5. The Labute approximate surface area is 200 Å². The van der Waals surface area contributed by atoms with Crippen LogP contribution in [0, 0.1) is 29.6 Å². The van der Waals surface area contributed by atoms with E-state index < -0.39 is 0 Å². The number of aldehydes is 1. The molecule has 1 aromatic heterocycles. The Morgan fingerprint density at radius 2 is 1.76 bits per heavy atom. The number of thioether (sulfide) groups is 1. The summed E-state index contributed by atoms with van der Waals surface area (Å²) in [5, 5.41) is 1.14. The summed E-state index contributed by atoms with van der Waals surface area (Å²) in [4.78, 5) is 44.2. The summed E-state index contributed by atoms with van der Waals surface area (Å²) in [7, 11) is 1.80. The largest absolute Gasteiger partial charge is 0.315 e. The van der Waals surface area contributed by atoms with E-state index in [1.807, 2.05) is 48.5 Å². The molecule has 6 rings (SSSR count). The summed E-state index contributed by atoms with van der Waals surface area (Å²) in [5.74, 6) is -0.0286. The highest BCUT2D eigenvalue weighted by Crippen LogP contribution is 2.66. The number of hydrogen-bond donors (Lipinski definition) is 1. The average Bonchev–Trinajstić information content (AvgIpc) is 3.52. The summed E-state index contributed by atoms with van der Waals surface area (Å²) >= 11 is 3.01. The lowest BCUT2D eigenvalue weighted by molar-refractivity contribution is -0.129. The first kappa shape index (κ1) is 20.9. The van der Waals surface area contributed by atoms with Gasteiger partial charge in [-0.1, -0.05) is 59.9 Å². The van der Waals surface area contributed by atoms with E-state index in [9.17, 15) is 14.4 Å². The number of carbonyl (C=O) groups is 2. The number of anilines is 1. The van der Waals surface area contributed by atoms with Gasteiger partial charge in [0.15, 0.2) is 0 Å². The summed E-state index contributed by atoms with van der Waals surface area (Å²) in [6.07, 6.45) is 1.91. The van der Waals surface area contributed by atoms with Gasteiger partial charge in [-0.05, 0) is 41.9 Å². The quantitative estimate of drug-likeness (QED) is 0.567. The van der Waals surface area contributed by atoms with Gasteiger partial charge < -0.3 is 14.7 Å². The zero-order valence-electron chi connectivity index (χ0n) is 18.1. The molecule has 0 unspecified atom stereocenters. The van der Waals surface area contributed by atoms with Gasteiger partial charge in [-0.3, -0.25) is 9.59 Å². The molecule has 1 N–H and O–H groups in total. The number of amides is 1. The summed E-state index contributed by atoms with van der Waals surface area (Å²) in [6, 6.07) is 19.9. The van der Waals surface area contributed by atoms with Crippen LogP contribution < -0.4 is 9.77 Å². The Bertz CT molecular complexity index is 1260. The third-order valence-corrected chi connectivity index (χ3v) is 10.4. The number of aromatic nitrogens is 1. The molecule has 2 heterocycles. The zero-order chi connectivity index (χ0) is 22.7. The molecule has 0 saturated heterocycles. The van der Waals surface area contributed by atoms with E-state index in [0.29, 0.717) is 0 Å². The Balaban J connectivity index is 1.40. The fourth-order valence-electron chi connectivity index (χ4n) is 6.55. The van der Waals surface area contributed by atoms with E-state index in [-0.39, 0.29) is 51.5 Å². The number of aromatic amines is 1. The number of para-hydroxylation sites is 1. The van der Waals surface area contributed by atoms with Crippen LogP contribution in [0.15, 0.2) is 70.5 Å². The Kier molecular flexibility index (Phi) is 5.07. The van der Waals surface area contributed by atoms with E-state index in [1.165, 1.54) is 16.9 Å². The summed E-state index contributed by atoms with van der Waals surface area (Å²) in [6.45, 7) is 0. The van der Waals surface area contributed by atoms with Crippen LogP contribution in [-0.4, -0.2) is 29.5 Å². The van der Waals surface area contributed by atoms with Gasteiger partial charge in [-0.25, -0.2) is 0 Å². The van der Waals surface area contributed by atoms with Crippen molar-refractivity contribution in [2.24, 2.45) is 29.6 Å². The molecule has 168 valence electrons. The molecule has 2 aliphatic carbocycles. The highest BCUT2D eigenvalue weighted by atomic mass is 32.2. The molecule has 3 aliphatic rings. The smallest absolute Gasteiger partial charge is 0.305 e. The molecule has 7 atom stereocenters. The van der Waals surface area contributed by atoms with Crippen molar-refractivity contribution in [3.63, 3.8) is 0 Å². The van der Waals surface area contributed by atoms with Gasteiger partial charge in [0, 0.05) is 34.7 Å². The molecule has 2 bridgehead atoms. The van der Waals surface area contributed by atoms with Crippen molar-refractivity contribution in [1.29, 1.82) is 0 Å². The Morgan fingerprint density at radius 1 is 1.06 bits per heavy atom. The Hall–Kier alpha value is -2.64. The van der Waals surface area contributed by atoms with Gasteiger partial charge in [-0.2, -0.15) is 0 Å². The standard InChI is InChI=1S/C26H24N2O3S2/c1-28(15-10-6-3-7-11-15)25(30)20-17-12-16(18(20)13-29)21-19(14-8-4-2-5-9-14)23-24(32-22(17)21)27-26(31)33-23/h2-11,13,16-22H,12H2,1H3,(H,27,31)/t16-,17+,18-,19+,20+,21+,22+/m1/s1. The molecule has 2 aromatic carbocycles. The van der Waals surface area contributed by atoms with Crippen molar-refractivity contribution in [1.82, 2.24) is 4.98 Å². The van der Waals surface area contributed by atoms with Crippen molar-refractivity contribution < 1.29 is 9.59 Å². The van der Waals surface area contributed by atoms with Crippen LogP contribution >= 0.6 is 23.1 Å². The van der Waals surface area contributed by atoms with Crippen LogP contribution in [-0.2, 0) is 9.59 Å². The summed E-state index contributed by atoms with van der Waals surface area (Å²) in [5.41, 5.74) is 2.03. The molecule has 2 saturated carbocycles. The predicted octanol–water partition coefficient (Wildman–Crippen LogP) is 4.40. The second-order valence-electron chi connectivity index (χ2n) is 9.29. The minimum atomic E-state index is -0.324. The average molecular weight is 477 g/mol. The molecule has 5 nitrogen and oxygen atoms in total. The van der Waals surface area contributed by atoms with Gasteiger partial charge in [0.2, 0.25) is 5.91 Å². The lowest BCUT2D eigenvalue weighted by atomic mass is 9.67. The van der Waals surface area contributed by atoms with Crippen LogP contribution in [0.25, 0.3) is 0 Å². The molecule has 7 heteroatoms. The molecule has 1 amide bonds. The highest BCUT2D eigenvalue weighted by Gasteiger charge is 2.64. The molecular formula is C26H24N2O3S2. The number of H-pyrrole nitrogens is 1. The van der Waals surface area contributed by atoms with Crippen LogP contribution in [0.5, 0.6) is 0 Å². The van der Waals surface area contributed by atoms with Gasteiger partial charge in [0.1, 0.15) is 6.29 Å². The molecule has 0 radical (unpaired) electrons. The second kappa shape index (κ2) is 7.99. The molecule has 1 aliphatic heterocycles. The minimum Gasteiger partial charge on any atom is -0.315 e. The third kappa shape index (κ3) is 3.16. The van der Waals surface area contributed by atoms with Gasteiger partial charge in [0.05, 0.1) is 10.9 Å². The SMILES string of the molecule is CN(C(=O)[C@@H]1[C@H](C=O)[C@H]2C[C@@H]1[C@@H]1Sc3[nH]c(=O)sc3[C@@H](c3ccccc3)[C@H]21)c1ccccc1. The minimum absolute atomic E-state index is 0.0192. The van der Waals surface area contributed by atoms with E-state index in [0.717, 1.165) is 28.3 Å². The topological polar surface area (TPSA) is 70.2 Å².